The van der Waals surface area contributed by atoms with Crippen LogP contribution < -0.4 is 11.1 Å². The largest absolute Gasteiger partial charge is 0.369 e. The van der Waals surface area contributed by atoms with Crippen LogP contribution in [0, 0.1) is 11.6 Å². The van der Waals surface area contributed by atoms with Gasteiger partial charge in [0.15, 0.2) is 0 Å². The molecule has 1 aromatic heterocycles. The van der Waals surface area contributed by atoms with Crippen molar-refractivity contribution in [1.29, 1.82) is 0 Å². The van der Waals surface area contributed by atoms with Gasteiger partial charge in [0, 0.05) is 25.3 Å². The highest BCUT2D eigenvalue weighted by Crippen LogP contribution is 2.35. The Morgan fingerprint density at radius 2 is 2.07 bits per heavy atom. The molecule has 0 radical (unpaired) electrons. The number of benzene rings is 1. The standard InChI is InChI=1S/C18H20F2N6O2S/c1-18(10-29(28,22-2)26(3)17(21)25-18)13-8-12(5-6-14(13)20)24-16(27)15-7-4-11(19)9-23-15/h4-9H,10H2,1-3H3,(H2,21,25)(H,24,27)/t18-,29?/m0/s1. The number of carbonyl (C=O) groups excluding carboxylic acids is 1. The second kappa shape index (κ2) is 7.39. The number of halogens is 2. The maximum atomic E-state index is 14.7. The van der Waals surface area contributed by atoms with E-state index in [0.29, 0.717) is 0 Å². The minimum absolute atomic E-state index is 0.00199. The molecule has 3 rings (SSSR count). The first-order valence-corrected chi connectivity index (χ1v) is 10.2. The number of nitrogens with two attached hydrogens (primary N) is 1. The van der Waals surface area contributed by atoms with Crippen LogP contribution in [0.4, 0.5) is 14.5 Å². The van der Waals surface area contributed by atoms with Crippen LogP contribution in [0.1, 0.15) is 23.0 Å². The third-order valence-electron chi connectivity index (χ3n) is 4.63. The molecule has 2 heterocycles. The Morgan fingerprint density at radius 1 is 1.34 bits per heavy atom. The van der Waals surface area contributed by atoms with Crippen LogP contribution >= 0.6 is 0 Å². The second-order valence-corrected chi connectivity index (χ2v) is 9.10. The van der Waals surface area contributed by atoms with Crippen molar-refractivity contribution < 1.29 is 17.8 Å². The zero-order valence-electron chi connectivity index (χ0n) is 16.0. The minimum Gasteiger partial charge on any atom is -0.369 e. The van der Waals surface area contributed by atoms with Crippen molar-refractivity contribution in [3.8, 4) is 0 Å². The van der Waals surface area contributed by atoms with E-state index in [1.165, 1.54) is 42.7 Å². The van der Waals surface area contributed by atoms with Crippen molar-refractivity contribution in [2.75, 3.05) is 25.2 Å². The maximum absolute atomic E-state index is 14.7. The van der Waals surface area contributed by atoms with E-state index in [1.807, 2.05) is 0 Å². The highest BCUT2D eigenvalue weighted by molar-refractivity contribution is 7.92. The SMILES string of the molecule is CN=S1(=O)C[C@@](C)(c2cc(NC(=O)c3ccc(F)cn3)ccc2F)N=C(N)N1C. The molecule has 0 aliphatic carbocycles. The lowest BCUT2D eigenvalue weighted by atomic mass is 9.93. The van der Waals surface area contributed by atoms with Crippen molar-refractivity contribution in [3.05, 3.63) is 59.4 Å². The molecule has 11 heteroatoms. The molecule has 2 atom stereocenters. The lowest BCUT2D eigenvalue weighted by Crippen LogP contribution is -2.50. The van der Waals surface area contributed by atoms with Crippen LogP contribution in [0.2, 0.25) is 0 Å². The topological polar surface area (TPSA) is 113 Å². The molecule has 1 unspecified atom stereocenters. The Labute approximate surface area is 167 Å². The molecule has 154 valence electrons. The summed E-state index contributed by atoms with van der Waals surface area (Å²) < 4.78 is 45.9. The molecule has 0 bridgehead atoms. The molecule has 2 aromatic rings. The molecule has 1 aromatic carbocycles. The Hall–Kier alpha value is -3.08. The number of nitrogens with one attached hydrogen (secondary N) is 1. The number of hydrogen-bond acceptors (Lipinski definition) is 6. The molecular weight excluding hydrogens is 402 g/mol. The molecule has 0 saturated carbocycles. The van der Waals surface area contributed by atoms with Gasteiger partial charge in [-0.25, -0.2) is 27.3 Å². The molecular formula is C18H20F2N6O2S. The van der Waals surface area contributed by atoms with Gasteiger partial charge in [-0.05, 0) is 37.3 Å². The van der Waals surface area contributed by atoms with Gasteiger partial charge in [0.25, 0.3) is 5.91 Å². The lowest BCUT2D eigenvalue weighted by Gasteiger charge is -2.37. The molecule has 1 aliphatic rings. The zero-order valence-corrected chi connectivity index (χ0v) is 16.8. The van der Waals surface area contributed by atoms with E-state index in [0.717, 1.165) is 12.3 Å². The monoisotopic (exact) mass is 422 g/mol. The van der Waals surface area contributed by atoms with Crippen molar-refractivity contribution in [2.45, 2.75) is 12.5 Å². The fourth-order valence-corrected chi connectivity index (χ4v) is 4.86. The lowest BCUT2D eigenvalue weighted by molar-refractivity contribution is 0.102. The van der Waals surface area contributed by atoms with Crippen LogP contribution in [0.5, 0.6) is 0 Å². The van der Waals surface area contributed by atoms with Gasteiger partial charge in [0.1, 0.15) is 32.8 Å². The van der Waals surface area contributed by atoms with Gasteiger partial charge in [-0.1, -0.05) is 0 Å². The Kier molecular flexibility index (Phi) is 5.26. The van der Waals surface area contributed by atoms with E-state index >= 15 is 0 Å². The van der Waals surface area contributed by atoms with Crippen LogP contribution in [0.25, 0.3) is 0 Å². The highest BCUT2D eigenvalue weighted by Gasteiger charge is 2.40. The fraction of sp³-hybridized carbons (Fsp3) is 0.278. The van der Waals surface area contributed by atoms with Gasteiger partial charge >= 0.3 is 0 Å². The Morgan fingerprint density at radius 3 is 2.69 bits per heavy atom. The number of rotatable bonds is 3. The van der Waals surface area contributed by atoms with E-state index < -0.39 is 33.0 Å². The summed E-state index contributed by atoms with van der Waals surface area (Å²) in [7, 11) is 0.00519. The average Bonchev–Trinajstić information content (AvgIpc) is 2.68. The summed E-state index contributed by atoms with van der Waals surface area (Å²) in [6.07, 6.45) is 0.924. The van der Waals surface area contributed by atoms with Crippen molar-refractivity contribution in [2.24, 2.45) is 15.1 Å². The average molecular weight is 422 g/mol. The summed E-state index contributed by atoms with van der Waals surface area (Å²) in [4.78, 5) is 20.4. The van der Waals surface area contributed by atoms with Gasteiger partial charge in [-0.15, -0.1) is 0 Å². The van der Waals surface area contributed by atoms with Crippen LogP contribution in [0.3, 0.4) is 0 Å². The normalized spacial score (nSPS) is 24.0. The number of carbonyl (C=O) groups is 1. The molecule has 3 N–H and O–H groups in total. The third kappa shape index (κ3) is 3.90. The first kappa shape index (κ1) is 20.6. The summed E-state index contributed by atoms with van der Waals surface area (Å²) in [5, 5.41) is 2.58. The Bertz CT molecular complexity index is 1110. The van der Waals surface area contributed by atoms with E-state index in [9.17, 15) is 17.8 Å². The second-order valence-electron chi connectivity index (χ2n) is 6.69. The predicted octanol–water partition coefficient (Wildman–Crippen LogP) is 2.10. The van der Waals surface area contributed by atoms with Crippen molar-refractivity contribution in [1.82, 2.24) is 9.29 Å². The smallest absolute Gasteiger partial charge is 0.274 e. The molecule has 1 amide bonds. The molecule has 1 aliphatic heterocycles. The van der Waals surface area contributed by atoms with E-state index in [-0.39, 0.29) is 28.7 Å². The molecule has 0 fully saturated rings. The number of aromatic nitrogens is 1. The van der Waals surface area contributed by atoms with Crippen LogP contribution in [-0.4, -0.2) is 45.2 Å². The highest BCUT2D eigenvalue weighted by atomic mass is 32.2. The van der Waals surface area contributed by atoms with Gasteiger partial charge in [0.2, 0.25) is 5.96 Å². The molecule has 0 saturated heterocycles. The maximum Gasteiger partial charge on any atom is 0.274 e. The third-order valence-corrected chi connectivity index (χ3v) is 7.18. The summed E-state index contributed by atoms with van der Waals surface area (Å²) in [6.45, 7) is 1.60. The number of amides is 1. The van der Waals surface area contributed by atoms with Crippen LogP contribution in [-0.2, 0) is 15.5 Å². The van der Waals surface area contributed by atoms with Gasteiger partial charge in [0.05, 0.1) is 11.9 Å². The predicted molar refractivity (Wildman–Crippen MR) is 107 cm³/mol. The number of aliphatic imine (C=N–C) groups is 1. The van der Waals surface area contributed by atoms with E-state index in [1.54, 1.807) is 6.92 Å². The molecule has 8 nitrogen and oxygen atoms in total. The number of anilines is 1. The number of hydrogen-bond donors (Lipinski definition) is 2. The Balaban J connectivity index is 1.98. The van der Waals surface area contributed by atoms with Gasteiger partial charge < -0.3 is 11.1 Å². The molecule has 0 spiro atoms. The molecule has 29 heavy (non-hydrogen) atoms. The van der Waals surface area contributed by atoms with Crippen molar-refractivity contribution in [3.63, 3.8) is 0 Å². The van der Waals surface area contributed by atoms with Gasteiger partial charge in [-0.3, -0.25) is 9.10 Å². The summed E-state index contributed by atoms with van der Waals surface area (Å²) in [5.74, 6) is -1.86. The first-order chi connectivity index (χ1) is 13.6. The fourth-order valence-electron chi connectivity index (χ4n) is 3.01. The quantitative estimate of drug-likeness (QED) is 0.789. The summed E-state index contributed by atoms with van der Waals surface area (Å²) in [6, 6.07) is 6.28. The summed E-state index contributed by atoms with van der Waals surface area (Å²) >= 11 is 0. The zero-order chi connectivity index (χ0) is 21.4. The number of pyridine rings is 1. The summed E-state index contributed by atoms with van der Waals surface area (Å²) in [5.41, 5.74) is 5.02. The number of guanidine groups is 1. The van der Waals surface area contributed by atoms with E-state index in [2.05, 4.69) is 19.7 Å². The number of nitrogens with zero attached hydrogens (tertiary/aromatic N) is 4. The van der Waals surface area contributed by atoms with Crippen LogP contribution in [0.15, 0.2) is 45.9 Å². The van der Waals surface area contributed by atoms with E-state index in [4.69, 9.17) is 5.73 Å². The first-order valence-electron chi connectivity index (χ1n) is 8.53. The van der Waals surface area contributed by atoms with Gasteiger partial charge in [-0.2, -0.15) is 0 Å². The van der Waals surface area contributed by atoms with Crippen molar-refractivity contribution >= 4 is 27.5 Å². The minimum atomic E-state index is -2.91.